The highest BCUT2D eigenvalue weighted by atomic mass is 16.5. The summed E-state index contributed by atoms with van der Waals surface area (Å²) in [5, 5.41) is 2.33. The van der Waals surface area contributed by atoms with Crippen LogP contribution >= 0.6 is 0 Å². The topological polar surface area (TPSA) is 88.2 Å². The lowest BCUT2D eigenvalue weighted by atomic mass is 10.0. The SMILES string of the molecule is CCO[C@H]1C[C@H](Oc2ccc3c(c2)CN(C2CCC(=O)NC2=O)C3=O)CN(CC)C1. The molecule has 2 saturated heterocycles. The van der Waals surface area contributed by atoms with E-state index in [4.69, 9.17) is 9.47 Å². The summed E-state index contributed by atoms with van der Waals surface area (Å²) < 4.78 is 12.1. The normalized spacial score (nSPS) is 27.2. The minimum absolute atomic E-state index is 0.0247. The highest BCUT2D eigenvalue weighted by Gasteiger charge is 2.39. The van der Waals surface area contributed by atoms with E-state index in [1.54, 1.807) is 11.0 Å². The van der Waals surface area contributed by atoms with Gasteiger partial charge in [-0.15, -0.1) is 0 Å². The molecule has 3 amide bonds. The lowest BCUT2D eigenvalue weighted by Gasteiger charge is -2.37. The summed E-state index contributed by atoms with van der Waals surface area (Å²) in [4.78, 5) is 40.3. The van der Waals surface area contributed by atoms with Crippen LogP contribution in [0.3, 0.4) is 0 Å². The van der Waals surface area contributed by atoms with Crippen LogP contribution in [0, 0.1) is 0 Å². The molecule has 1 aromatic carbocycles. The second-order valence-corrected chi connectivity index (χ2v) is 8.12. The molecule has 30 heavy (non-hydrogen) atoms. The van der Waals surface area contributed by atoms with Crippen molar-refractivity contribution in [1.82, 2.24) is 15.1 Å². The van der Waals surface area contributed by atoms with Crippen molar-refractivity contribution < 1.29 is 23.9 Å². The molecule has 0 bridgehead atoms. The molecule has 3 heterocycles. The zero-order valence-corrected chi connectivity index (χ0v) is 17.6. The van der Waals surface area contributed by atoms with E-state index in [0.717, 1.165) is 37.4 Å². The van der Waals surface area contributed by atoms with Gasteiger partial charge in [0.1, 0.15) is 17.9 Å². The molecular formula is C22H29N3O5. The second kappa shape index (κ2) is 8.73. The molecule has 0 saturated carbocycles. The Labute approximate surface area is 176 Å². The average Bonchev–Trinajstić information content (AvgIpc) is 3.04. The third-order valence-corrected chi connectivity index (χ3v) is 6.10. The quantitative estimate of drug-likeness (QED) is 0.706. The standard InChI is InChI=1S/C22H29N3O5/c1-3-24-12-16(29-4-2)10-17(13-24)30-15-5-6-18-14(9-15)11-25(22(18)28)19-7-8-20(26)23-21(19)27/h5-6,9,16-17,19H,3-4,7-8,10-13H2,1-2H3,(H,23,26,27)/t16-,17-,19?/m0/s1. The van der Waals surface area contributed by atoms with Gasteiger partial charge in [0.25, 0.3) is 5.91 Å². The van der Waals surface area contributed by atoms with Crippen LogP contribution < -0.4 is 10.1 Å². The zero-order chi connectivity index (χ0) is 21.3. The van der Waals surface area contributed by atoms with Crippen molar-refractivity contribution in [2.24, 2.45) is 0 Å². The molecule has 8 nitrogen and oxygen atoms in total. The molecule has 0 radical (unpaired) electrons. The lowest BCUT2D eigenvalue weighted by molar-refractivity contribution is -0.136. The molecule has 3 aliphatic heterocycles. The number of nitrogens with one attached hydrogen (secondary N) is 1. The molecule has 1 N–H and O–H groups in total. The predicted octanol–water partition coefficient (Wildman–Crippen LogP) is 1.33. The number of piperidine rings is 2. The molecule has 0 spiro atoms. The fourth-order valence-corrected chi connectivity index (χ4v) is 4.61. The van der Waals surface area contributed by atoms with E-state index in [-0.39, 0.29) is 30.4 Å². The van der Waals surface area contributed by atoms with Crippen LogP contribution in [0.25, 0.3) is 0 Å². The fourth-order valence-electron chi connectivity index (χ4n) is 4.61. The predicted molar refractivity (Wildman–Crippen MR) is 109 cm³/mol. The molecule has 0 aromatic heterocycles. The number of carbonyl (C=O) groups excluding carboxylic acids is 3. The zero-order valence-electron chi connectivity index (χ0n) is 17.6. The summed E-state index contributed by atoms with van der Waals surface area (Å²) in [5.41, 5.74) is 1.45. The number of hydrogen-bond donors (Lipinski definition) is 1. The lowest BCUT2D eigenvalue weighted by Crippen LogP contribution is -2.52. The summed E-state index contributed by atoms with van der Waals surface area (Å²) >= 11 is 0. The number of ether oxygens (including phenoxy) is 2. The number of amides is 3. The Morgan fingerprint density at radius 3 is 2.67 bits per heavy atom. The second-order valence-electron chi connectivity index (χ2n) is 8.12. The van der Waals surface area contributed by atoms with Crippen molar-refractivity contribution in [2.45, 2.75) is 57.9 Å². The van der Waals surface area contributed by atoms with Crippen LogP contribution in [-0.4, -0.2) is 72.0 Å². The van der Waals surface area contributed by atoms with Crippen molar-refractivity contribution in [2.75, 3.05) is 26.2 Å². The maximum absolute atomic E-state index is 12.8. The Kier molecular flexibility index (Phi) is 6.06. The number of fused-ring (bicyclic) bond motifs is 1. The Balaban J connectivity index is 1.45. The first-order valence-electron chi connectivity index (χ1n) is 10.8. The summed E-state index contributed by atoms with van der Waals surface area (Å²) in [6, 6.07) is 4.90. The van der Waals surface area contributed by atoms with Gasteiger partial charge in [-0.25, -0.2) is 0 Å². The van der Waals surface area contributed by atoms with Crippen LogP contribution in [0.1, 0.15) is 49.0 Å². The number of likely N-dealkylation sites (tertiary alicyclic amines) is 1. The van der Waals surface area contributed by atoms with E-state index in [0.29, 0.717) is 25.1 Å². The van der Waals surface area contributed by atoms with E-state index in [1.165, 1.54) is 0 Å². The van der Waals surface area contributed by atoms with Crippen LogP contribution in [0.2, 0.25) is 0 Å². The first kappa shape index (κ1) is 20.8. The number of carbonyl (C=O) groups is 3. The number of imide groups is 1. The van der Waals surface area contributed by atoms with E-state index >= 15 is 0 Å². The van der Waals surface area contributed by atoms with Gasteiger partial charge in [0.05, 0.1) is 6.10 Å². The van der Waals surface area contributed by atoms with Crippen molar-refractivity contribution >= 4 is 17.7 Å². The van der Waals surface area contributed by atoms with Crippen molar-refractivity contribution in [3.05, 3.63) is 29.3 Å². The minimum Gasteiger partial charge on any atom is -0.489 e. The molecule has 1 unspecified atom stereocenters. The molecule has 162 valence electrons. The van der Waals surface area contributed by atoms with Gasteiger partial charge in [-0.3, -0.25) is 24.6 Å². The van der Waals surface area contributed by atoms with Crippen molar-refractivity contribution in [3.8, 4) is 5.75 Å². The first-order chi connectivity index (χ1) is 14.5. The van der Waals surface area contributed by atoms with Gasteiger partial charge in [-0.2, -0.15) is 0 Å². The van der Waals surface area contributed by atoms with Gasteiger partial charge in [0.2, 0.25) is 11.8 Å². The number of rotatable bonds is 6. The van der Waals surface area contributed by atoms with Gasteiger partial charge in [-0.1, -0.05) is 6.92 Å². The summed E-state index contributed by atoms with van der Waals surface area (Å²) in [7, 11) is 0. The Morgan fingerprint density at radius 1 is 1.13 bits per heavy atom. The Hall–Kier alpha value is -2.45. The van der Waals surface area contributed by atoms with Crippen LogP contribution in [-0.2, 0) is 20.9 Å². The maximum Gasteiger partial charge on any atom is 0.255 e. The van der Waals surface area contributed by atoms with Gasteiger partial charge >= 0.3 is 0 Å². The van der Waals surface area contributed by atoms with E-state index < -0.39 is 11.9 Å². The third-order valence-electron chi connectivity index (χ3n) is 6.10. The highest BCUT2D eigenvalue weighted by Crippen LogP contribution is 2.31. The minimum atomic E-state index is -0.602. The summed E-state index contributed by atoms with van der Waals surface area (Å²) in [6.45, 7) is 7.89. The first-order valence-corrected chi connectivity index (χ1v) is 10.8. The van der Waals surface area contributed by atoms with Gasteiger partial charge in [0.15, 0.2) is 0 Å². The molecule has 0 aliphatic carbocycles. The highest BCUT2D eigenvalue weighted by molar-refractivity contribution is 6.05. The third kappa shape index (κ3) is 4.20. The molecule has 2 fully saturated rings. The van der Waals surface area contributed by atoms with Gasteiger partial charge in [0, 0.05) is 44.6 Å². The molecule has 1 aromatic rings. The maximum atomic E-state index is 12.8. The van der Waals surface area contributed by atoms with Crippen LogP contribution in [0.4, 0.5) is 0 Å². The Morgan fingerprint density at radius 2 is 1.93 bits per heavy atom. The number of nitrogens with zero attached hydrogens (tertiary/aromatic N) is 2. The fraction of sp³-hybridized carbons (Fsp3) is 0.591. The molecular weight excluding hydrogens is 386 g/mol. The largest absolute Gasteiger partial charge is 0.489 e. The smallest absolute Gasteiger partial charge is 0.255 e. The van der Waals surface area contributed by atoms with Crippen molar-refractivity contribution in [1.29, 1.82) is 0 Å². The number of benzene rings is 1. The number of likely N-dealkylation sites (N-methyl/N-ethyl adjacent to an activating group) is 1. The van der Waals surface area contributed by atoms with Crippen molar-refractivity contribution in [3.63, 3.8) is 0 Å². The number of hydrogen-bond acceptors (Lipinski definition) is 6. The summed E-state index contributed by atoms with van der Waals surface area (Å²) in [6.07, 6.45) is 1.63. The van der Waals surface area contributed by atoms with Crippen LogP contribution in [0.15, 0.2) is 18.2 Å². The van der Waals surface area contributed by atoms with E-state index in [2.05, 4.69) is 17.1 Å². The molecule has 8 heteroatoms. The monoisotopic (exact) mass is 415 g/mol. The summed E-state index contributed by atoms with van der Waals surface area (Å²) in [5.74, 6) is -0.120. The van der Waals surface area contributed by atoms with E-state index in [1.807, 2.05) is 19.1 Å². The molecule has 4 rings (SSSR count). The van der Waals surface area contributed by atoms with E-state index in [9.17, 15) is 14.4 Å². The average molecular weight is 415 g/mol. The van der Waals surface area contributed by atoms with Gasteiger partial charge in [-0.05, 0) is 43.7 Å². The van der Waals surface area contributed by atoms with Crippen LogP contribution in [0.5, 0.6) is 5.75 Å². The Bertz CT molecular complexity index is 842. The molecule has 3 aliphatic rings. The molecule has 3 atom stereocenters. The van der Waals surface area contributed by atoms with Gasteiger partial charge < -0.3 is 14.4 Å².